The molecule has 1 rings (SSSR count). The van der Waals surface area contributed by atoms with Gasteiger partial charge in [-0.25, -0.2) is 0 Å². The van der Waals surface area contributed by atoms with Crippen LogP contribution in [-0.4, -0.2) is 5.91 Å². The fraction of sp³-hybridized carbons (Fsp3) is 0.167. The van der Waals surface area contributed by atoms with Crippen LogP contribution in [-0.2, 0) is 4.79 Å². The minimum absolute atomic E-state index is 0.0969. The zero-order valence-corrected chi connectivity index (χ0v) is 6.92. The van der Waals surface area contributed by atoms with Gasteiger partial charge in [0.2, 0.25) is 5.91 Å². The monoisotopic (exact) mass is 175 g/mol. The lowest BCUT2D eigenvalue weighted by molar-refractivity contribution is -0.114. The van der Waals surface area contributed by atoms with Crippen LogP contribution >= 0.6 is 22.9 Å². The summed E-state index contributed by atoms with van der Waals surface area (Å²) in [5.74, 6) is -0.0969. The molecule has 0 aliphatic rings. The second kappa shape index (κ2) is 3.03. The average Bonchev–Trinajstić information content (AvgIpc) is 2.15. The Kier molecular flexibility index (Phi) is 2.29. The number of carbonyl (C=O) groups excluding carboxylic acids is 1. The molecule has 0 saturated heterocycles. The first-order valence-electron chi connectivity index (χ1n) is 2.69. The molecule has 1 aromatic heterocycles. The maximum atomic E-state index is 10.5. The van der Waals surface area contributed by atoms with Gasteiger partial charge in [-0.05, 0) is 0 Å². The molecule has 4 heteroatoms. The molecule has 54 valence electrons. The molecule has 0 fully saturated rings. The third-order valence-electron chi connectivity index (χ3n) is 0.925. The highest BCUT2D eigenvalue weighted by Gasteiger charge is 2.00. The number of amides is 1. The third-order valence-corrected chi connectivity index (χ3v) is 2.11. The Bertz CT molecular complexity index is 246. The molecule has 0 spiro atoms. The molecule has 1 N–H and O–H groups in total. The Labute approximate surface area is 67.8 Å². The Balaban J connectivity index is 2.74. The van der Waals surface area contributed by atoms with E-state index in [1.165, 1.54) is 18.3 Å². The van der Waals surface area contributed by atoms with Gasteiger partial charge in [-0.15, -0.1) is 11.3 Å². The first kappa shape index (κ1) is 7.57. The normalized spacial score (nSPS) is 9.40. The standard InChI is InChI=1S/C6H6ClNOS/c1-4(9)8-6-3-10-2-5(6)7/h2-3H,1H3,(H,8,9). The van der Waals surface area contributed by atoms with Gasteiger partial charge >= 0.3 is 0 Å². The van der Waals surface area contributed by atoms with E-state index in [1.54, 1.807) is 10.8 Å². The minimum Gasteiger partial charge on any atom is -0.324 e. The summed E-state index contributed by atoms with van der Waals surface area (Å²) in [6.07, 6.45) is 0. The summed E-state index contributed by atoms with van der Waals surface area (Å²) in [6, 6.07) is 0. The predicted molar refractivity (Wildman–Crippen MR) is 43.6 cm³/mol. The molecule has 1 amide bonds. The van der Waals surface area contributed by atoms with Gasteiger partial charge in [0, 0.05) is 17.7 Å². The molecule has 0 unspecified atom stereocenters. The summed E-state index contributed by atoms with van der Waals surface area (Å²) >= 11 is 7.14. The Hall–Kier alpha value is -0.540. The van der Waals surface area contributed by atoms with Gasteiger partial charge in [0.05, 0.1) is 10.7 Å². The SMILES string of the molecule is CC(=O)Nc1cscc1Cl. The fourth-order valence-corrected chi connectivity index (χ4v) is 1.52. The van der Waals surface area contributed by atoms with Crippen LogP contribution in [0.15, 0.2) is 10.8 Å². The molecule has 0 bridgehead atoms. The second-order valence-electron chi connectivity index (χ2n) is 1.81. The smallest absolute Gasteiger partial charge is 0.221 e. The number of rotatable bonds is 1. The third kappa shape index (κ3) is 1.72. The van der Waals surface area contributed by atoms with E-state index >= 15 is 0 Å². The molecule has 0 aromatic carbocycles. The summed E-state index contributed by atoms with van der Waals surface area (Å²) in [5, 5.41) is 6.76. The number of carbonyl (C=O) groups is 1. The minimum atomic E-state index is -0.0969. The maximum absolute atomic E-state index is 10.5. The van der Waals surface area contributed by atoms with Crippen molar-refractivity contribution in [2.45, 2.75) is 6.92 Å². The first-order valence-corrected chi connectivity index (χ1v) is 4.01. The lowest BCUT2D eigenvalue weighted by Crippen LogP contribution is -2.04. The number of halogens is 1. The predicted octanol–water partition coefficient (Wildman–Crippen LogP) is 2.36. The van der Waals surface area contributed by atoms with Gasteiger partial charge in [-0.2, -0.15) is 0 Å². The summed E-state index contributed by atoms with van der Waals surface area (Å²) in [5.41, 5.74) is 0.694. The van der Waals surface area contributed by atoms with E-state index in [1.807, 2.05) is 0 Å². The lowest BCUT2D eigenvalue weighted by atomic mass is 10.5. The molecule has 0 atom stereocenters. The molecule has 0 saturated carbocycles. The first-order chi connectivity index (χ1) is 4.70. The number of hydrogen-bond donors (Lipinski definition) is 1. The molecule has 0 aliphatic carbocycles. The Morgan fingerprint density at radius 2 is 2.40 bits per heavy atom. The zero-order chi connectivity index (χ0) is 7.56. The van der Waals surface area contributed by atoms with Crippen LogP contribution in [0.4, 0.5) is 5.69 Å². The van der Waals surface area contributed by atoms with Gasteiger partial charge in [0.25, 0.3) is 0 Å². The number of hydrogen-bond acceptors (Lipinski definition) is 2. The van der Waals surface area contributed by atoms with Crippen molar-refractivity contribution in [3.8, 4) is 0 Å². The Morgan fingerprint density at radius 1 is 1.70 bits per heavy atom. The van der Waals surface area contributed by atoms with E-state index in [2.05, 4.69) is 5.32 Å². The van der Waals surface area contributed by atoms with Gasteiger partial charge in [-0.1, -0.05) is 11.6 Å². The van der Waals surface area contributed by atoms with Gasteiger partial charge < -0.3 is 5.32 Å². The van der Waals surface area contributed by atoms with Crippen molar-refractivity contribution in [1.29, 1.82) is 0 Å². The highest BCUT2D eigenvalue weighted by atomic mass is 35.5. The lowest BCUT2D eigenvalue weighted by Gasteiger charge is -1.96. The van der Waals surface area contributed by atoms with Crippen LogP contribution in [0.1, 0.15) is 6.92 Å². The molecule has 2 nitrogen and oxygen atoms in total. The van der Waals surface area contributed by atoms with Crippen molar-refractivity contribution < 1.29 is 4.79 Å². The van der Waals surface area contributed by atoms with E-state index in [9.17, 15) is 4.79 Å². The summed E-state index contributed by atoms with van der Waals surface area (Å²) in [4.78, 5) is 10.5. The molecule has 1 aromatic rings. The van der Waals surface area contributed by atoms with Crippen LogP contribution in [0.25, 0.3) is 0 Å². The van der Waals surface area contributed by atoms with Crippen LogP contribution in [0.2, 0.25) is 5.02 Å². The summed E-state index contributed by atoms with van der Waals surface area (Å²) in [6.45, 7) is 1.45. The van der Waals surface area contributed by atoms with Crippen molar-refractivity contribution in [1.82, 2.24) is 0 Å². The van der Waals surface area contributed by atoms with E-state index in [0.29, 0.717) is 10.7 Å². The van der Waals surface area contributed by atoms with Crippen molar-refractivity contribution in [2.75, 3.05) is 5.32 Å². The van der Waals surface area contributed by atoms with Crippen molar-refractivity contribution in [2.24, 2.45) is 0 Å². The average molecular weight is 176 g/mol. The fourth-order valence-electron chi connectivity index (χ4n) is 0.560. The topological polar surface area (TPSA) is 29.1 Å². The maximum Gasteiger partial charge on any atom is 0.221 e. The van der Waals surface area contributed by atoms with Crippen LogP contribution in [0.3, 0.4) is 0 Å². The highest BCUT2D eigenvalue weighted by Crippen LogP contribution is 2.25. The van der Waals surface area contributed by atoms with E-state index in [-0.39, 0.29) is 5.91 Å². The number of thiophene rings is 1. The summed E-state index contributed by atoms with van der Waals surface area (Å²) < 4.78 is 0. The number of anilines is 1. The van der Waals surface area contributed by atoms with Crippen molar-refractivity contribution in [3.05, 3.63) is 15.8 Å². The van der Waals surface area contributed by atoms with Gasteiger partial charge in [0.15, 0.2) is 0 Å². The molecule has 1 heterocycles. The summed E-state index contributed by atoms with van der Waals surface area (Å²) in [7, 11) is 0. The van der Waals surface area contributed by atoms with Crippen LogP contribution < -0.4 is 5.32 Å². The number of nitrogens with one attached hydrogen (secondary N) is 1. The highest BCUT2D eigenvalue weighted by molar-refractivity contribution is 7.09. The van der Waals surface area contributed by atoms with Crippen molar-refractivity contribution >= 4 is 34.5 Å². The van der Waals surface area contributed by atoms with Crippen LogP contribution in [0, 0.1) is 0 Å². The van der Waals surface area contributed by atoms with E-state index < -0.39 is 0 Å². The zero-order valence-electron chi connectivity index (χ0n) is 5.35. The van der Waals surface area contributed by atoms with Gasteiger partial charge in [-0.3, -0.25) is 4.79 Å². The molecular weight excluding hydrogens is 170 g/mol. The van der Waals surface area contributed by atoms with Crippen molar-refractivity contribution in [3.63, 3.8) is 0 Å². The molecular formula is C6H6ClNOS. The molecule has 0 radical (unpaired) electrons. The molecule has 0 aliphatic heterocycles. The van der Waals surface area contributed by atoms with Crippen LogP contribution in [0.5, 0.6) is 0 Å². The van der Waals surface area contributed by atoms with E-state index in [0.717, 1.165) is 0 Å². The van der Waals surface area contributed by atoms with Gasteiger partial charge in [0.1, 0.15) is 0 Å². The quantitative estimate of drug-likeness (QED) is 0.698. The Morgan fingerprint density at radius 3 is 2.80 bits per heavy atom. The largest absolute Gasteiger partial charge is 0.324 e. The second-order valence-corrected chi connectivity index (χ2v) is 2.97. The van der Waals surface area contributed by atoms with E-state index in [4.69, 9.17) is 11.6 Å². The molecule has 10 heavy (non-hydrogen) atoms.